The van der Waals surface area contributed by atoms with Gasteiger partial charge in [0, 0.05) is 76.4 Å². The minimum Gasteiger partial charge on any atom is -0.436 e. The first kappa shape index (κ1) is 31.9. The molecule has 4 aliphatic rings. The number of nitrogens with two attached hydrogens (primary N) is 1. The summed E-state index contributed by atoms with van der Waals surface area (Å²) in [4.78, 5) is 50.5. The van der Waals surface area contributed by atoms with Crippen LogP contribution in [0.2, 0.25) is 5.02 Å². The first-order valence-corrected chi connectivity index (χ1v) is 17.3. The molecule has 0 aliphatic carbocycles. The quantitative estimate of drug-likeness (QED) is 0.450. The van der Waals surface area contributed by atoms with Crippen LogP contribution < -0.4 is 11.1 Å². The highest BCUT2D eigenvalue weighted by Gasteiger charge is 2.37. The lowest BCUT2D eigenvalue weighted by Crippen LogP contribution is -2.54. The molecule has 0 radical (unpaired) electrons. The summed E-state index contributed by atoms with van der Waals surface area (Å²) in [5.74, 6) is -0.169. The largest absolute Gasteiger partial charge is 0.436 e. The normalized spacial score (nSPS) is 21.4. The predicted molar refractivity (Wildman–Crippen MR) is 177 cm³/mol. The molecule has 3 saturated heterocycles. The number of piperazine rings is 1. The van der Waals surface area contributed by atoms with Crippen LogP contribution in [-0.4, -0.2) is 120 Å². The third-order valence-electron chi connectivity index (χ3n) is 9.90. The summed E-state index contributed by atoms with van der Waals surface area (Å²) in [5.41, 5.74) is 9.32. The molecule has 1 aromatic carbocycles. The number of nitrogen functional groups attached to an aromatic ring is 1. The van der Waals surface area contributed by atoms with Gasteiger partial charge in [0.05, 0.1) is 17.3 Å². The molecule has 3 N–H and O–H groups in total. The maximum absolute atomic E-state index is 14.0. The molecule has 2 aromatic rings. The zero-order valence-corrected chi connectivity index (χ0v) is 27.7. The van der Waals surface area contributed by atoms with Gasteiger partial charge in [0.15, 0.2) is 6.10 Å². The topological polar surface area (TPSA) is 115 Å². The van der Waals surface area contributed by atoms with Gasteiger partial charge < -0.3 is 30.1 Å². The number of rotatable bonds is 6. The van der Waals surface area contributed by atoms with Crippen molar-refractivity contribution >= 4 is 51.7 Å². The van der Waals surface area contributed by atoms with Crippen LogP contribution in [0.3, 0.4) is 0 Å². The fourth-order valence-corrected chi connectivity index (χ4v) is 8.11. The number of hydrogen-bond acceptors (Lipinski definition) is 8. The van der Waals surface area contributed by atoms with Crippen molar-refractivity contribution < 1.29 is 19.1 Å². The lowest BCUT2D eigenvalue weighted by atomic mass is 9.99. The Bertz CT molecular complexity index is 1370. The Balaban J connectivity index is 1.09. The van der Waals surface area contributed by atoms with Crippen LogP contribution in [0.15, 0.2) is 23.6 Å². The van der Waals surface area contributed by atoms with Crippen LogP contribution in [0.4, 0.5) is 20.3 Å². The number of carbonyl (C=O) groups excluding carboxylic acids is 3. The second-order valence-corrected chi connectivity index (χ2v) is 14.2. The monoisotopic (exact) mass is 657 g/mol. The van der Waals surface area contributed by atoms with Crippen LogP contribution in [0.5, 0.6) is 0 Å². The number of anilines is 2. The fraction of sp³-hybridized carbons (Fsp3) is 0.594. The van der Waals surface area contributed by atoms with E-state index in [1.165, 1.54) is 11.3 Å². The van der Waals surface area contributed by atoms with Crippen LogP contribution in [0.1, 0.15) is 42.4 Å². The number of ether oxygens (including phenoxy) is 1. The van der Waals surface area contributed by atoms with Crippen LogP contribution in [-0.2, 0) is 22.5 Å². The molecule has 6 rings (SSSR count). The molecule has 4 aliphatic heterocycles. The van der Waals surface area contributed by atoms with Crippen LogP contribution in [0.25, 0.3) is 0 Å². The van der Waals surface area contributed by atoms with E-state index in [0.29, 0.717) is 62.3 Å². The number of halogens is 1. The minimum absolute atomic E-state index is 0.0287. The summed E-state index contributed by atoms with van der Waals surface area (Å²) in [5, 5.41) is 6.31. The van der Waals surface area contributed by atoms with Crippen molar-refractivity contribution in [1.29, 1.82) is 0 Å². The van der Waals surface area contributed by atoms with Gasteiger partial charge in [-0.3, -0.25) is 15.0 Å². The number of likely N-dealkylation sites (tertiary alicyclic amines) is 2. The number of nitrogens with zero attached hydrogens (tertiary/aromatic N) is 5. The van der Waals surface area contributed by atoms with Crippen LogP contribution in [0, 0.1) is 6.92 Å². The van der Waals surface area contributed by atoms with Gasteiger partial charge in [-0.2, -0.15) is 0 Å². The summed E-state index contributed by atoms with van der Waals surface area (Å²) in [7, 11) is 2.16. The van der Waals surface area contributed by atoms with Gasteiger partial charge in [0.1, 0.15) is 5.00 Å². The third-order valence-corrected chi connectivity index (χ3v) is 11.1. The summed E-state index contributed by atoms with van der Waals surface area (Å²) >= 11 is 7.92. The Morgan fingerprint density at radius 1 is 1.02 bits per heavy atom. The standard InChI is InChI=1S/C32H44ClN7O4S/c1-21-17-22(18-26(33)28(21)34)19-27(30(41)38-8-3-24(4-9-38)37-14-12-36(2)13-15-37)44-32(43)39-10-5-25(6-11-39)40-20-23-7-16-45-29(23)35-31(40)42/h7,16-18,24-25,27H,3-6,8-15,19-20,34H2,1-2H3,(H,35,42)/t27-/m1/s1. The maximum Gasteiger partial charge on any atom is 0.410 e. The van der Waals surface area contributed by atoms with E-state index in [9.17, 15) is 14.4 Å². The molecule has 1 aromatic heterocycles. The number of piperidine rings is 2. The predicted octanol–water partition coefficient (Wildman–Crippen LogP) is 4.09. The zero-order valence-electron chi connectivity index (χ0n) is 26.2. The van der Waals surface area contributed by atoms with E-state index in [4.69, 9.17) is 22.1 Å². The highest BCUT2D eigenvalue weighted by Crippen LogP contribution is 2.32. The molecule has 4 amide bonds. The van der Waals surface area contributed by atoms with Crippen molar-refractivity contribution in [3.05, 3.63) is 45.3 Å². The number of aryl methyl sites for hydroxylation is 1. The summed E-state index contributed by atoms with van der Waals surface area (Å²) in [6.07, 6.45) is 1.86. The number of benzene rings is 1. The zero-order chi connectivity index (χ0) is 31.7. The van der Waals surface area contributed by atoms with Crippen molar-refractivity contribution in [2.75, 3.05) is 70.5 Å². The Morgan fingerprint density at radius 2 is 1.69 bits per heavy atom. The number of likely N-dealkylation sites (N-methyl/N-ethyl adjacent to an activating group) is 1. The maximum atomic E-state index is 14.0. The molecular formula is C32H44ClN7O4S. The lowest BCUT2D eigenvalue weighted by Gasteiger charge is -2.42. The Labute approximate surface area is 274 Å². The van der Waals surface area contributed by atoms with Gasteiger partial charge in [-0.1, -0.05) is 17.7 Å². The van der Waals surface area contributed by atoms with E-state index < -0.39 is 12.2 Å². The Hall–Kier alpha value is -3.06. The van der Waals surface area contributed by atoms with Crippen molar-refractivity contribution in [2.45, 2.75) is 63.8 Å². The molecule has 0 saturated carbocycles. The first-order chi connectivity index (χ1) is 21.7. The van der Waals surface area contributed by atoms with E-state index in [1.807, 2.05) is 34.2 Å². The average molecular weight is 658 g/mol. The van der Waals surface area contributed by atoms with Gasteiger partial charge in [0.25, 0.3) is 5.91 Å². The number of urea groups is 1. The second kappa shape index (κ2) is 13.7. The third kappa shape index (κ3) is 7.19. The number of hydrogen-bond donors (Lipinski definition) is 2. The molecule has 0 bridgehead atoms. The molecule has 0 spiro atoms. The van der Waals surface area contributed by atoms with Crippen molar-refractivity contribution in [3.63, 3.8) is 0 Å². The fourth-order valence-electron chi connectivity index (χ4n) is 7.03. The number of thiophene rings is 1. The highest BCUT2D eigenvalue weighted by molar-refractivity contribution is 7.14. The van der Waals surface area contributed by atoms with Gasteiger partial charge in [-0.05, 0) is 68.3 Å². The molecule has 5 heterocycles. The van der Waals surface area contributed by atoms with Crippen molar-refractivity contribution in [3.8, 4) is 0 Å². The lowest BCUT2D eigenvalue weighted by molar-refractivity contribution is -0.142. The average Bonchev–Trinajstić information content (AvgIpc) is 3.50. The molecule has 11 nitrogen and oxygen atoms in total. The van der Waals surface area contributed by atoms with E-state index in [0.717, 1.165) is 60.7 Å². The summed E-state index contributed by atoms with van der Waals surface area (Å²) < 4.78 is 6.03. The van der Waals surface area contributed by atoms with Gasteiger partial charge in [-0.15, -0.1) is 11.3 Å². The minimum atomic E-state index is -0.973. The molecule has 0 unspecified atom stereocenters. The molecule has 1 atom stereocenters. The van der Waals surface area contributed by atoms with Gasteiger partial charge >= 0.3 is 12.1 Å². The molecule has 244 valence electrons. The molecule has 13 heteroatoms. The van der Waals surface area contributed by atoms with Crippen molar-refractivity contribution in [1.82, 2.24) is 24.5 Å². The smallest absolute Gasteiger partial charge is 0.410 e. The van der Waals surface area contributed by atoms with E-state index in [-0.39, 0.29) is 24.4 Å². The van der Waals surface area contributed by atoms with Crippen LogP contribution >= 0.6 is 22.9 Å². The van der Waals surface area contributed by atoms with E-state index in [1.54, 1.807) is 11.0 Å². The summed E-state index contributed by atoms with van der Waals surface area (Å²) in [6.45, 7) is 8.88. The number of carbonyl (C=O) groups is 3. The highest BCUT2D eigenvalue weighted by atomic mass is 35.5. The van der Waals surface area contributed by atoms with E-state index in [2.05, 4.69) is 22.2 Å². The van der Waals surface area contributed by atoms with E-state index >= 15 is 0 Å². The Morgan fingerprint density at radius 3 is 2.38 bits per heavy atom. The van der Waals surface area contributed by atoms with Gasteiger partial charge in [0.2, 0.25) is 0 Å². The number of fused-ring (bicyclic) bond motifs is 1. The van der Waals surface area contributed by atoms with Crippen molar-refractivity contribution in [2.24, 2.45) is 0 Å². The Kier molecular flexibility index (Phi) is 9.74. The first-order valence-electron chi connectivity index (χ1n) is 16.0. The van der Waals surface area contributed by atoms with Gasteiger partial charge in [-0.25, -0.2) is 9.59 Å². The second-order valence-electron chi connectivity index (χ2n) is 12.8. The molecular weight excluding hydrogens is 614 g/mol. The SMILES string of the molecule is Cc1cc(C[C@@H](OC(=O)N2CCC(N3Cc4ccsc4NC3=O)CC2)C(=O)N2CCC(N3CCN(C)CC3)CC2)cc(Cl)c1N. The number of amides is 4. The summed E-state index contributed by atoms with van der Waals surface area (Å²) in [6, 6.07) is 6.11. The molecule has 45 heavy (non-hydrogen) atoms. The number of nitrogens with one attached hydrogen (secondary N) is 1. The molecule has 3 fully saturated rings.